The number of nitrogens with zero attached hydrogens (tertiary/aromatic N) is 2. The third kappa shape index (κ3) is 4.25. The molecule has 0 spiro atoms. The van der Waals surface area contributed by atoms with E-state index in [1.54, 1.807) is 12.1 Å². The Kier molecular flexibility index (Phi) is 6.12. The van der Waals surface area contributed by atoms with Gasteiger partial charge in [0.25, 0.3) is 5.91 Å². The fourth-order valence-corrected chi connectivity index (χ4v) is 6.60. The number of anilines is 1. The number of nitrogens with two attached hydrogens (primary N) is 1. The van der Waals surface area contributed by atoms with Gasteiger partial charge in [0.15, 0.2) is 0 Å². The highest BCUT2D eigenvalue weighted by Gasteiger charge is 2.30. The number of thiophene rings is 1. The minimum absolute atomic E-state index is 0.0312. The number of carbonyl (C=O) groups excluding carboxylic acids is 1. The second kappa shape index (κ2) is 9.05. The monoisotopic (exact) mass is 467 g/mol. The van der Waals surface area contributed by atoms with Gasteiger partial charge in [-0.25, -0.2) is 4.39 Å². The van der Waals surface area contributed by atoms with Crippen molar-refractivity contribution in [2.24, 2.45) is 5.73 Å². The van der Waals surface area contributed by atoms with Gasteiger partial charge >= 0.3 is 0 Å². The highest BCUT2D eigenvalue weighted by Crippen LogP contribution is 2.39. The first-order valence-corrected chi connectivity index (χ1v) is 12.4. The fourth-order valence-electron chi connectivity index (χ4n) is 5.31. The van der Waals surface area contributed by atoms with E-state index in [1.807, 2.05) is 25.1 Å². The molecule has 5 rings (SSSR count). The highest BCUT2D eigenvalue weighted by atomic mass is 32.1. The lowest BCUT2D eigenvalue weighted by Gasteiger charge is -2.42. The lowest BCUT2D eigenvalue weighted by molar-refractivity contribution is 0.0282. The van der Waals surface area contributed by atoms with Crippen molar-refractivity contribution >= 4 is 33.7 Å². The molecule has 2 atom stereocenters. The van der Waals surface area contributed by atoms with Crippen LogP contribution in [0.15, 0.2) is 36.4 Å². The Morgan fingerprint density at radius 1 is 1.27 bits per heavy atom. The third-order valence-electron chi connectivity index (χ3n) is 7.09. The molecule has 0 radical (unpaired) electrons. The summed E-state index contributed by atoms with van der Waals surface area (Å²) in [5.41, 5.74) is 9.05. The molecule has 2 unspecified atom stereocenters. The summed E-state index contributed by atoms with van der Waals surface area (Å²) in [4.78, 5) is 18.6. The summed E-state index contributed by atoms with van der Waals surface area (Å²) in [6.45, 7) is 8.74. The molecule has 3 heterocycles. The molecule has 174 valence electrons. The molecule has 0 aliphatic carbocycles. The lowest BCUT2D eigenvalue weighted by Crippen LogP contribution is -2.52. The van der Waals surface area contributed by atoms with Crippen LogP contribution in [0.3, 0.4) is 0 Å². The molecule has 33 heavy (non-hydrogen) atoms. The number of piperazine rings is 1. The van der Waals surface area contributed by atoms with Crippen LogP contribution < -0.4 is 10.6 Å². The number of benzene rings is 2. The first kappa shape index (κ1) is 22.3. The first-order chi connectivity index (χ1) is 15.9. The quantitative estimate of drug-likeness (QED) is 0.593. The zero-order chi connectivity index (χ0) is 23.1. The maximum atomic E-state index is 13.7. The summed E-state index contributed by atoms with van der Waals surface area (Å²) in [7, 11) is 0. The molecule has 7 heteroatoms. The molecule has 5 nitrogen and oxygen atoms in total. The van der Waals surface area contributed by atoms with E-state index in [-0.39, 0.29) is 17.8 Å². The van der Waals surface area contributed by atoms with E-state index in [2.05, 4.69) is 22.8 Å². The Balaban J connectivity index is 1.26. The molecule has 2 aliphatic rings. The van der Waals surface area contributed by atoms with Gasteiger partial charge in [0.1, 0.15) is 5.82 Å². The van der Waals surface area contributed by atoms with Crippen LogP contribution in [0, 0.1) is 12.7 Å². The van der Waals surface area contributed by atoms with E-state index in [9.17, 15) is 9.18 Å². The van der Waals surface area contributed by atoms with Crippen molar-refractivity contribution in [2.45, 2.75) is 38.8 Å². The Morgan fingerprint density at radius 2 is 2.12 bits per heavy atom. The van der Waals surface area contributed by atoms with Gasteiger partial charge in [0, 0.05) is 48.2 Å². The van der Waals surface area contributed by atoms with Crippen molar-refractivity contribution in [3.63, 3.8) is 0 Å². The standard InChI is InChI=1S/C26H30FN3O2S/c1-16-15-30(22-5-3-4-18-14-19(27)6-7-21(18)22)12-11-29(16)10-8-23-25-20(9-13-32-23)17(2)24(33-25)26(28)31/h3-7,14,16,23H,8-13,15H2,1-2H3,(H2,28,31). The molecule has 0 bridgehead atoms. The van der Waals surface area contributed by atoms with Crippen molar-refractivity contribution in [2.75, 3.05) is 37.7 Å². The SMILES string of the molecule is Cc1c(C(N)=O)sc2c1CCOC2CCN1CCN(c2cccc3cc(F)ccc23)CC1C. The van der Waals surface area contributed by atoms with Gasteiger partial charge in [-0.1, -0.05) is 12.1 Å². The number of primary amides is 1. The van der Waals surface area contributed by atoms with Gasteiger partial charge in [0.05, 0.1) is 17.6 Å². The van der Waals surface area contributed by atoms with Gasteiger partial charge in [-0.2, -0.15) is 0 Å². The van der Waals surface area contributed by atoms with Crippen LogP contribution in [-0.4, -0.2) is 49.6 Å². The second-order valence-corrected chi connectivity index (χ2v) is 10.2. The maximum Gasteiger partial charge on any atom is 0.259 e. The first-order valence-electron chi connectivity index (χ1n) is 11.6. The molecule has 1 amide bonds. The predicted molar refractivity (Wildman–Crippen MR) is 132 cm³/mol. The summed E-state index contributed by atoms with van der Waals surface area (Å²) in [6.07, 6.45) is 1.79. The number of fused-ring (bicyclic) bond motifs is 2. The van der Waals surface area contributed by atoms with Crippen LogP contribution >= 0.6 is 11.3 Å². The van der Waals surface area contributed by atoms with E-state index < -0.39 is 0 Å². The molecule has 1 saturated heterocycles. The topological polar surface area (TPSA) is 58.8 Å². The molecule has 3 aromatic rings. The van der Waals surface area contributed by atoms with Crippen LogP contribution in [0.2, 0.25) is 0 Å². The van der Waals surface area contributed by atoms with Gasteiger partial charge in [-0.05, 0) is 67.5 Å². The minimum atomic E-state index is -0.341. The van der Waals surface area contributed by atoms with Crippen LogP contribution in [0.4, 0.5) is 10.1 Å². The number of hydrogen-bond acceptors (Lipinski definition) is 5. The number of amides is 1. The average molecular weight is 468 g/mol. The van der Waals surface area contributed by atoms with Gasteiger partial charge in [-0.15, -0.1) is 11.3 Å². The Hall–Kier alpha value is -2.48. The second-order valence-electron chi connectivity index (χ2n) is 9.13. The van der Waals surface area contributed by atoms with Crippen LogP contribution in [0.5, 0.6) is 0 Å². The van der Waals surface area contributed by atoms with E-state index in [0.717, 1.165) is 55.4 Å². The normalized spacial score (nSPS) is 21.4. The Morgan fingerprint density at radius 3 is 2.91 bits per heavy atom. The summed E-state index contributed by atoms with van der Waals surface area (Å²) >= 11 is 1.51. The van der Waals surface area contributed by atoms with E-state index in [1.165, 1.54) is 27.5 Å². The Bertz CT molecular complexity index is 1190. The van der Waals surface area contributed by atoms with Gasteiger partial charge < -0.3 is 15.4 Å². The van der Waals surface area contributed by atoms with Crippen molar-refractivity contribution in [3.8, 4) is 0 Å². The molecule has 1 aromatic heterocycles. The van der Waals surface area contributed by atoms with Crippen LogP contribution in [-0.2, 0) is 11.2 Å². The molecule has 2 aliphatic heterocycles. The van der Waals surface area contributed by atoms with E-state index in [0.29, 0.717) is 17.5 Å². The maximum absolute atomic E-state index is 13.7. The fraction of sp³-hybridized carbons (Fsp3) is 0.423. The number of hydrogen-bond donors (Lipinski definition) is 1. The number of rotatable bonds is 5. The smallest absolute Gasteiger partial charge is 0.259 e. The van der Waals surface area contributed by atoms with E-state index in [4.69, 9.17) is 10.5 Å². The minimum Gasteiger partial charge on any atom is -0.372 e. The van der Waals surface area contributed by atoms with Crippen molar-refractivity contribution in [1.29, 1.82) is 0 Å². The number of ether oxygens (including phenoxy) is 1. The van der Waals surface area contributed by atoms with Gasteiger partial charge in [0.2, 0.25) is 0 Å². The predicted octanol–water partition coefficient (Wildman–Crippen LogP) is 4.66. The van der Waals surface area contributed by atoms with Crippen molar-refractivity contribution < 1.29 is 13.9 Å². The van der Waals surface area contributed by atoms with Crippen LogP contribution in [0.1, 0.15) is 45.1 Å². The molecule has 1 fully saturated rings. The summed E-state index contributed by atoms with van der Waals surface area (Å²) < 4.78 is 19.8. The van der Waals surface area contributed by atoms with Crippen LogP contribution in [0.25, 0.3) is 10.8 Å². The van der Waals surface area contributed by atoms with Crippen molar-refractivity contribution in [3.05, 3.63) is 63.1 Å². The molecular formula is C26H30FN3O2S. The molecule has 2 aromatic carbocycles. The number of carbonyl (C=O) groups is 1. The lowest BCUT2D eigenvalue weighted by atomic mass is 10.00. The zero-order valence-electron chi connectivity index (χ0n) is 19.1. The molecule has 0 saturated carbocycles. The molecule has 2 N–H and O–H groups in total. The summed E-state index contributed by atoms with van der Waals surface area (Å²) in [6, 6.07) is 11.5. The van der Waals surface area contributed by atoms with Gasteiger partial charge in [-0.3, -0.25) is 9.69 Å². The summed E-state index contributed by atoms with van der Waals surface area (Å²) in [5.74, 6) is -0.540. The Labute approximate surface area is 197 Å². The largest absolute Gasteiger partial charge is 0.372 e. The average Bonchev–Trinajstić information content (AvgIpc) is 3.15. The van der Waals surface area contributed by atoms with E-state index >= 15 is 0 Å². The summed E-state index contributed by atoms with van der Waals surface area (Å²) in [5, 5.41) is 2.04. The van der Waals surface area contributed by atoms with Crippen molar-refractivity contribution in [1.82, 2.24) is 4.90 Å². The zero-order valence-corrected chi connectivity index (χ0v) is 20.0. The highest BCUT2D eigenvalue weighted by molar-refractivity contribution is 7.14. The third-order valence-corrected chi connectivity index (χ3v) is 8.53. The molecular weight excluding hydrogens is 437 g/mol. The number of halogens is 1.